The number of nitro benzene ring substituents is 1. The van der Waals surface area contributed by atoms with E-state index in [1.54, 1.807) is 12.1 Å². The Kier molecular flexibility index (Phi) is 5.22. The topological polar surface area (TPSA) is 90.9 Å². The van der Waals surface area contributed by atoms with Gasteiger partial charge in [-0.15, -0.1) is 0 Å². The lowest BCUT2D eigenvalue weighted by Gasteiger charge is -2.33. The zero-order valence-electron chi connectivity index (χ0n) is 13.1. The van der Waals surface area contributed by atoms with Crippen molar-refractivity contribution in [2.45, 2.75) is 38.1 Å². The molecule has 0 bridgehead atoms. The van der Waals surface area contributed by atoms with Gasteiger partial charge in [0.15, 0.2) is 0 Å². The molecule has 2 N–H and O–H groups in total. The summed E-state index contributed by atoms with van der Waals surface area (Å²) in [6.07, 6.45) is 2.04. The summed E-state index contributed by atoms with van der Waals surface area (Å²) in [4.78, 5) is 13.1. The highest BCUT2D eigenvalue weighted by Gasteiger charge is 2.28. The van der Waals surface area contributed by atoms with Crippen molar-refractivity contribution < 1.29 is 14.4 Å². The number of ether oxygens (including phenoxy) is 2. The molecule has 1 aliphatic carbocycles. The fraction of sp³-hybridized carbons (Fsp3) is 0.625. The Labute approximate surface area is 135 Å². The Morgan fingerprint density at radius 2 is 2.00 bits per heavy atom. The van der Waals surface area contributed by atoms with Crippen molar-refractivity contribution in [3.8, 4) is 0 Å². The number of non-ortho nitro benzene ring substituents is 1. The average molecular weight is 321 g/mol. The van der Waals surface area contributed by atoms with Crippen LogP contribution in [-0.4, -0.2) is 48.3 Å². The molecular formula is C16H23N3O4. The lowest BCUT2D eigenvalue weighted by molar-refractivity contribution is -0.385. The van der Waals surface area contributed by atoms with Crippen molar-refractivity contribution >= 4 is 5.69 Å². The molecule has 1 saturated carbocycles. The van der Waals surface area contributed by atoms with E-state index in [1.165, 1.54) is 0 Å². The van der Waals surface area contributed by atoms with Gasteiger partial charge in [0.25, 0.3) is 5.69 Å². The maximum atomic E-state index is 11.2. The Balaban J connectivity index is 1.68. The number of rotatable bonds is 6. The highest BCUT2D eigenvalue weighted by molar-refractivity contribution is 5.39. The molecular weight excluding hydrogens is 298 g/mol. The van der Waals surface area contributed by atoms with E-state index in [9.17, 15) is 10.1 Å². The van der Waals surface area contributed by atoms with Crippen LogP contribution in [0.2, 0.25) is 0 Å². The molecule has 2 atom stereocenters. The van der Waals surface area contributed by atoms with Gasteiger partial charge in [-0.05, 0) is 24.0 Å². The minimum atomic E-state index is -0.346. The van der Waals surface area contributed by atoms with Gasteiger partial charge in [-0.2, -0.15) is 0 Å². The van der Waals surface area contributed by atoms with Crippen LogP contribution in [0.4, 0.5) is 5.69 Å². The van der Waals surface area contributed by atoms with Crippen LogP contribution >= 0.6 is 0 Å². The minimum absolute atomic E-state index is 0.0805. The zero-order valence-corrected chi connectivity index (χ0v) is 13.1. The number of morpholine rings is 1. The maximum absolute atomic E-state index is 11.2. The molecule has 2 fully saturated rings. The number of nitrogens with zero attached hydrogens (tertiary/aromatic N) is 2. The highest BCUT2D eigenvalue weighted by Crippen LogP contribution is 2.24. The number of nitrogens with two attached hydrogens (primary N) is 1. The molecule has 7 heteroatoms. The molecule has 0 spiro atoms. The largest absolute Gasteiger partial charge is 0.379 e. The highest BCUT2D eigenvalue weighted by atomic mass is 16.6. The smallest absolute Gasteiger partial charge is 0.270 e. The van der Waals surface area contributed by atoms with Crippen molar-refractivity contribution in [1.82, 2.24) is 4.90 Å². The fourth-order valence-corrected chi connectivity index (χ4v) is 2.95. The minimum Gasteiger partial charge on any atom is -0.379 e. The van der Waals surface area contributed by atoms with Crippen LogP contribution in [0.15, 0.2) is 18.2 Å². The summed E-state index contributed by atoms with van der Waals surface area (Å²) < 4.78 is 11.1. The van der Waals surface area contributed by atoms with Crippen LogP contribution in [0, 0.1) is 10.1 Å². The predicted molar refractivity (Wildman–Crippen MR) is 85.0 cm³/mol. The van der Waals surface area contributed by atoms with Crippen molar-refractivity contribution in [2.24, 2.45) is 5.73 Å². The van der Waals surface area contributed by atoms with Crippen LogP contribution in [-0.2, 0) is 22.6 Å². The van der Waals surface area contributed by atoms with E-state index in [2.05, 4.69) is 4.90 Å². The Morgan fingerprint density at radius 1 is 1.26 bits per heavy atom. The molecule has 0 amide bonds. The monoisotopic (exact) mass is 321 g/mol. The summed E-state index contributed by atoms with van der Waals surface area (Å²) in [7, 11) is 0. The maximum Gasteiger partial charge on any atom is 0.270 e. The molecule has 1 heterocycles. The van der Waals surface area contributed by atoms with Gasteiger partial charge in [0.05, 0.1) is 30.8 Å². The first-order valence-corrected chi connectivity index (χ1v) is 8.06. The van der Waals surface area contributed by atoms with Crippen LogP contribution in [0.25, 0.3) is 0 Å². The zero-order chi connectivity index (χ0) is 16.2. The average Bonchev–Trinajstić information content (AvgIpc) is 2.54. The summed E-state index contributed by atoms with van der Waals surface area (Å²) in [5.41, 5.74) is 7.76. The Hall–Kier alpha value is -1.54. The van der Waals surface area contributed by atoms with E-state index in [-0.39, 0.29) is 22.8 Å². The molecule has 1 aromatic carbocycles. The fourth-order valence-electron chi connectivity index (χ4n) is 2.95. The van der Waals surface area contributed by atoms with Crippen LogP contribution in [0.3, 0.4) is 0 Å². The number of hydrogen-bond donors (Lipinski definition) is 1. The lowest BCUT2D eigenvalue weighted by atomic mass is 9.90. The molecule has 1 aliphatic heterocycles. The SMILES string of the molecule is N[C@@H]1CC[C@H]1OCc1cc(CN2CCOCC2)cc([N+](=O)[O-])c1. The van der Waals surface area contributed by atoms with Gasteiger partial charge >= 0.3 is 0 Å². The van der Waals surface area contributed by atoms with Crippen molar-refractivity contribution in [1.29, 1.82) is 0 Å². The van der Waals surface area contributed by atoms with Crippen LogP contribution in [0.5, 0.6) is 0 Å². The molecule has 23 heavy (non-hydrogen) atoms. The van der Waals surface area contributed by atoms with Gasteiger partial charge in [-0.3, -0.25) is 15.0 Å². The van der Waals surface area contributed by atoms with E-state index >= 15 is 0 Å². The summed E-state index contributed by atoms with van der Waals surface area (Å²) in [5.74, 6) is 0. The van der Waals surface area contributed by atoms with Gasteiger partial charge in [-0.25, -0.2) is 0 Å². The number of hydrogen-bond acceptors (Lipinski definition) is 6. The molecule has 0 aromatic heterocycles. The third-order valence-electron chi connectivity index (χ3n) is 4.48. The van der Waals surface area contributed by atoms with E-state index in [1.807, 2.05) is 6.07 Å². The first kappa shape index (κ1) is 16.3. The summed E-state index contributed by atoms with van der Waals surface area (Å²) >= 11 is 0. The van der Waals surface area contributed by atoms with Crippen molar-refractivity contribution in [3.05, 3.63) is 39.4 Å². The summed E-state index contributed by atoms with van der Waals surface area (Å²) in [5, 5.41) is 11.2. The lowest BCUT2D eigenvalue weighted by Crippen LogP contribution is -2.45. The van der Waals surface area contributed by atoms with Crippen LogP contribution in [0.1, 0.15) is 24.0 Å². The second-order valence-electron chi connectivity index (χ2n) is 6.24. The molecule has 1 saturated heterocycles. The number of benzene rings is 1. The van der Waals surface area contributed by atoms with E-state index in [0.29, 0.717) is 26.4 Å². The Morgan fingerprint density at radius 3 is 2.61 bits per heavy atom. The normalized spacial score (nSPS) is 25.1. The van der Waals surface area contributed by atoms with Crippen LogP contribution < -0.4 is 5.73 Å². The molecule has 126 valence electrons. The van der Waals surface area contributed by atoms with Gasteiger partial charge in [0.2, 0.25) is 0 Å². The van der Waals surface area contributed by atoms with Gasteiger partial charge in [0.1, 0.15) is 0 Å². The molecule has 3 rings (SSSR count). The van der Waals surface area contributed by atoms with E-state index < -0.39 is 0 Å². The quantitative estimate of drug-likeness (QED) is 0.629. The third-order valence-corrected chi connectivity index (χ3v) is 4.48. The molecule has 0 unspecified atom stereocenters. The second-order valence-corrected chi connectivity index (χ2v) is 6.24. The van der Waals surface area contributed by atoms with Crippen molar-refractivity contribution in [2.75, 3.05) is 26.3 Å². The summed E-state index contributed by atoms with van der Waals surface area (Å²) in [6.45, 7) is 4.20. The van der Waals surface area contributed by atoms with Gasteiger partial charge in [0, 0.05) is 37.8 Å². The van der Waals surface area contributed by atoms with Crippen molar-refractivity contribution in [3.63, 3.8) is 0 Å². The summed E-state index contributed by atoms with van der Waals surface area (Å²) in [6, 6.07) is 5.33. The molecule has 2 aliphatic rings. The second kappa shape index (κ2) is 7.35. The first-order chi connectivity index (χ1) is 11.1. The molecule has 1 aromatic rings. The number of nitro groups is 1. The van der Waals surface area contributed by atoms with E-state index in [0.717, 1.165) is 37.1 Å². The standard InChI is InChI=1S/C16H23N3O4/c17-15-1-2-16(15)23-11-13-7-12(8-14(9-13)19(20)21)10-18-3-5-22-6-4-18/h7-9,15-16H,1-6,10-11,17H2/t15-,16-/m1/s1. The van der Waals surface area contributed by atoms with Gasteiger partial charge < -0.3 is 15.2 Å². The first-order valence-electron chi connectivity index (χ1n) is 8.06. The molecule has 0 radical (unpaired) electrons. The van der Waals surface area contributed by atoms with E-state index in [4.69, 9.17) is 15.2 Å². The Bertz CT molecular complexity index is 560. The third kappa shape index (κ3) is 4.26. The predicted octanol–water partition coefficient (Wildman–Crippen LogP) is 1.43. The molecule has 7 nitrogen and oxygen atoms in total. The van der Waals surface area contributed by atoms with Gasteiger partial charge in [-0.1, -0.05) is 6.07 Å².